The Morgan fingerprint density at radius 1 is 1.40 bits per heavy atom. The molecule has 3 N–H and O–H groups in total. The Morgan fingerprint density at radius 3 is 2.88 bits per heavy atom. The third-order valence-corrected chi connectivity index (χ3v) is 3.96. The Kier molecular flexibility index (Phi) is 4.21. The Bertz CT molecular complexity index is 916. The van der Waals surface area contributed by atoms with Gasteiger partial charge in [-0.15, -0.1) is 0 Å². The van der Waals surface area contributed by atoms with E-state index in [4.69, 9.17) is 5.73 Å². The predicted molar refractivity (Wildman–Crippen MR) is 90.8 cm³/mol. The van der Waals surface area contributed by atoms with E-state index in [1.54, 1.807) is 37.6 Å². The summed E-state index contributed by atoms with van der Waals surface area (Å²) in [6.45, 7) is 0.467. The van der Waals surface area contributed by atoms with E-state index in [1.807, 2.05) is 0 Å². The molecule has 2 aromatic rings. The van der Waals surface area contributed by atoms with E-state index < -0.39 is 11.5 Å². The van der Waals surface area contributed by atoms with Gasteiger partial charge in [-0.05, 0) is 12.1 Å². The van der Waals surface area contributed by atoms with Crippen LogP contribution in [0.3, 0.4) is 0 Å². The molecule has 125 valence electrons. The molecule has 0 bridgehead atoms. The third-order valence-electron chi connectivity index (χ3n) is 3.96. The van der Waals surface area contributed by atoms with Gasteiger partial charge in [0.05, 0.1) is 11.9 Å². The quantitative estimate of drug-likeness (QED) is 0.755. The lowest BCUT2D eigenvalue weighted by Crippen LogP contribution is -2.37. The lowest BCUT2D eigenvalue weighted by molar-refractivity contribution is -0.137. The van der Waals surface area contributed by atoms with Gasteiger partial charge in [0.15, 0.2) is 5.82 Å². The van der Waals surface area contributed by atoms with E-state index >= 15 is 0 Å². The third kappa shape index (κ3) is 3.20. The van der Waals surface area contributed by atoms with Crippen molar-refractivity contribution in [2.24, 2.45) is 0 Å². The van der Waals surface area contributed by atoms with Gasteiger partial charge < -0.3 is 15.7 Å². The molecule has 7 heteroatoms. The van der Waals surface area contributed by atoms with Crippen LogP contribution in [0.4, 0.5) is 5.69 Å². The first-order valence-corrected chi connectivity index (χ1v) is 7.55. The number of hydrogen-bond acceptors (Lipinski definition) is 6. The lowest BCUT2D eigenvalue weighted by atomic mass is 10.0. The number of likely N-dealkylation sites (N-methyl/N-ethyl adjacent to an activating group) is 1. The van der Waals surface area contributed by atoms with Crippen molar-refractivity contribution < 1.29 is 14.7 Å². The topological polar surface area (TPSA) is 109 Å². The highest BCUT2D eigenvalue weighted by Crippen LogP contribution is 2.22. The number of anilines is 1. The zero-order chi connectivity index (χ0) is 18.0. The molecule has 0 aliphatic carbocycles. The maximum Gasteiger partial charge on any atom is 0.267 e. The number of carbonyl (C=O) groups excluding carboxylic acids is 2. The molecule has 7 nitrogen and oxygen atoms in total. The molecule has 1 fully saturated rings. The standard InChI is InChI=1S/C18H15N4O3/c1-22-8-7-18(25,17(22)24)6-5-12-3-2-4-13(9-12)16-20-10-14(19)15(11-23)21-16/h2-4,9-10,25H,7-8,19H2,1H3. The van der Waals surface area contributed by atoms with Crippen LogP contribution in [-0.4, -0.2) is 51.4 Å². The summed E-state index contributed by atoms with van der Waals surface area (Å²) in [5.74, 6) is 5.39. The lowest BCUT2D eigenvalue weighted by Gasteiger charge is -2.13. The number of aliphatic hydroxyl groups is 1. The maximum absolute atomic E-state index is 11.9. The summed E-state index contributed by atoms with van der Waals surface area (Å²) < 4.78 is 0. The minimum Gasteiger partial charge on any atom is -0.396 e. The van der Waals surface area contributed by atoms with Crippen LogP contribution in [0.1, 0.15) is 17.7 Å². The van der Waals surface area contributed by atoms with Crippen molar-refractivity contribution in [1.29, 1.82) is 0 Å². The number of nitrogens with zero attached hydrogens (tertiary/aromatic N) is 3. The number of hydrogen-bond donors (Lipinski definition) is 2. The van der Waals surface area contributed by atoms with Crippen LogP contribution in [0.2, 0.25) is 0 Å². The second-order valence-electron chi connectivity index (χ2n) is 5.77. The highest BCUT2D eigenvalue weighted by atomic mass is 16.3. The minimum absolute atomic E-state index is 0.00427. The Morgan fingerprint density at radius 2 is 2.20 bits per heavy atom. The number of rotatable bonds is 2. The second kappa shape index (κ2) is 6.34. The van der Waals surface area contributed by atoms with Crippen molar-refractivity contribution in [1.82, 2.24) is 14.9 Å². The number of likely N-dealkylation sites (tertiary alicyclic amines) is 1. The first kappa shape index (κ1) is 16.6. The summed E-state index contributed by atoms with van der Waals surface area (Å²) in [5, 5.41) is 10.3. The molecule has 1 aromatic carbocycles. The second-order valence-corrected chi connectivity index (χ2v) is 5.77. The van der Waals surface area contributed by atoms with Gasteiger partial charge in [-0.2, -0.15) is 0 Å². The van der Waals surface area contributed by atoms with E-state index in [0.29, 0.717) is 23.5 Å². The summed E-state index contributed by atoms with van der Waals surface area (Å²) in [6.07, 6.45) is 3.28. The van der Waals surface area contributed by atoms with Gasteiger partial charge >= 0.3 is 0 Å². The van der Waals surface area contributed by atoms with E-state index in [1.165, 1.54) is 11.1 Å². The molecule has 0 spiro atoms. The van der Waals surface area contributed by atoms with Gasteiger partial charge in [-0.1, -0.05) is 24.0 Å². The van der Waals surface area contributed by atoms with E-state index in [0.717, 1.165) is 0 Å². The number of benzene rings is 1. The molecule has 25 heavy (non-hydrogen) atoms. The number of nitrogens with two attached hydrogens (primary N) is 1. The van der Waals surface area contributed by atoms with E-state index in [9.17, 15) is 14.7 Å². The molecule has 1 atom stereocenters. The fourth-order valence-electron chi connectivity index (χ4n) is 2.49. The summed E-state index contributed by atoms with van der Waals surface area (Å²) >= 11 is 0. The van der Waals surface area contributed by atoms with Crippen molar-refractivity contribution in [3.05, 3.63) is 41.7 Å². The molecule has 2 heterocycles. The van der Waals surface area contributed by atoms with E-state index in [2.05, 4.69) is 21.8 Å². The van der Waals surface area contributed by atoms with Gasteiger partial charge in [0.1, 0.15) is 5.69 Å². The van der Waals surface area contributed by atoms with Crippen molar-refractivity contribution in [2.75, 3.05) is 19.3 Å². The van der Waals surface area contributed by atoms with Crippen LogP contribution in [0, 0.1) is 11.8 Å². The summed E-state index contributed by atoms with van der Waals surface area (Å²) in [4.78, 5) is 32.4. The van der Waals surface area contributed by atoms with Crippen molar-refractivity contribution in [3.63, 3.8) is 0 Å². The Balaban J connectivity index is 1.92. The van der Waals surface area contributed by atoms with Crippen molar-refractivity contribution >= 4 is 17.9 Å². The Hall–Kier alpha value is -3.24. The first-order valence-electron chi connectivity index (χ1n) is 7.55. The highest BCUT2D eigenvalue weighted by Gasteiger charge is 2.42. The molecule has 1 aromatic heterocycles. The fraction of sp³-hybridized carbons (Fsp3) is 0.222. The average molecular weight is 335 g/mol. The van der Waals surface area contributed by atoms with Crippen LogP contribution >= 0.6 is 0 Å². The Labute approximate surface area is 144 Å². The van der Waals surface area contributed by atoms with Gasteiger partial charge in [-0.25, -0.2) is 9.97 Å². The zero-order valence-electron chi connectivity index (χ0n) is 13.5. The zero-order valence-corrected chi connectivity index (χ0v) is 13.5. The van der Waals surface area contributed by atoms with Gasteiger partial charge in [0.2, 0.25) is 5.60 Å². The number of amides is 1. The number of nitrogen functional groups attached to an aromatic ring is 1. The molecule has 1 amide bonds. The summed E-state index contributed by atoms with van der Waals surface area (Å²) in [7, 11) is 1.63. The molecule has 1 radical (unpaired) electrons. The maximum atomic E-state index is 11.9. The normalized spacial score (nSPS) is 19.4. The predicted octanol–water partition coefficient (Wildman–Crippen LogP) is 0.128. The average Bonchev–Trinajstić information content (AvgIpc) is 2.89. The molecule has 1 aliphatic rings. The smallest absolute Gasteiger partial charge is 0.267 e. The van der Waals surface area contributed by atoms with Crippen LogP contribution in [0.25, 0.3) is 11.4 Å². The minimum atomic E-state index is -1.65. The largest absolute Gasteiger partial charge is 0.396 e. The fourth-order valence-corrected chi connectivity index (χ4v) is 2.49. The van der Waals surface area contributed by atoms with Crippen molar-refractivity contribution in [3.8, 4) is 23.2 Å². The molecular formula is C18H15N4O3. The molecule has 3 rings (SSSR count). The number of aromatic nitrogens is 2. The molecule has 1 saturated heterocycles. The SMILES string of the molecule is CN1CCC(O)(C#Cc2cccc(-c3ncc(N)c([C]=O)n3)c2)C1=O. The molecule has 1 aliphatic heterocycles. The highest BCUT2D eigenvalue weighted by molar-refractivity contribution is 5.90. The van der Waals surface area contributed by atoms with Crippen LogP contribution in [0.5, 0.6) is 0 Å². The molecular weight excluding hydrogens is 320 g/mol. The van der Waals surface area contributed by atoms with Gasteiger partial charge in [-0.3, -0.25) is 9.59 Å². The van der Waals surface area contributed by atoms with Crippen molar-refractivity contribution in [2.45, 2.75) is 12.0 Å². The van der Waals surface area contributed by atoms with Gasteiger partial charge in [0, 0.05) is 31.1 Å². The van der Waals surface area contributed by atoms with Gasteiger partial charge in [0.25, 0.3) is 12.2 Å². The monoisotopic (exact) mass is 335 g/mol. The molecule has 0 saturated carbocycles. The van der Waals surface area contributed by atoms with Crippen LogP contribution in [-0.2, 0) is 9.59 Å². The summed E-state index contributed by atoms with van der Waals surface area (Å²) in [6, 6.07) is 6.96. The number of carbonyl (C=O) groups is 1. The van der Waals surface area contributed by atoms with Crippen LogP contribution < -0.4 is 5.73 Å². The summed E-state index contributed by atoms with van der Waals surface area (Å²) in [5.41, 5.74) is 5.31. The van der Waals surface area contributed by atoms with Crippen LogP contribution in [0.15, 0.2) is 30.5 Å². The van der Waals surface area contributed by atoms with E-state index in [-0.39, 0.29) is 17.8 Å². The molecule has 1 unspecified atom stereocenters. The first-order chi connectivity index (χ1) is 11.9.